The number of furan rings is 1. The lowest BCUT2D eigenvalue weighted by Crippen LogP contribution is -2.14. The second-order valence-corrected chi connectivity index (χ2v) is 5.47. The molecule has 0 amide bonds. The summed E-state index contributed by atoms with van der Waals surface area (Å²) in [5.74, 6) is 1.59. The summed E-state index contributed by atoms with van der Waals surface area (Å²) < 4.78 is 5.14. The highest BCUT2D eigenvalue weighted by Crippen LogP contribution is 2.17. The third-order valence-electron chi connectivity index (χ3n) is 3.78. The van der Waals surface area contributed by atoms with E-state index in [0.717, 1.165) is 0 Å². The predicted molar refractivity (Wildman–Crippen MR) is 89.7 cm³/mol. The van der Waals surface area contributed by atoms with Crippen LogP contribution in [0.4, 0.5) is 5.82 Å². The molecule has 0 bridgehead atoms. The van der Waals surface area contributed by atoms with Gasteiger partial charge in [0.15, 0.2) is 0 Å². The molecule has 0 fully saturated rings. The Hall–Kier alpha value is -2.93. The van der Waals surface area contributed by atoms with E-state index < -0.39 is 6.10 Å². The van der Waals surface area contributed by atoms with Crippen LogP contribution in [0.15, 0.2) is 45.9 Å². The second-order valence-electron chi connectivity index (χ2n) is 5.47. The Morgan fingerprint density at radius 2 is 2.17 bits per heavy atom. The number of aromatic amines is 1. The first kappa shape index (κ1) is 15.9. The van der Waals surface area contributed by atoms with E-state index in [9.17, 15) is 9.90 Å². The molecule has 0 aliphatic carbocycles. The number of nitrogens with one attached hydrogen (secondary N) is 2. The van der Waals surface area contributed by atoms with E-state index in [4.69, 9.17) is 4.42 Å². The highest BCUT2D eigenvalue weighted by molar-refractivity contribution is 5.56. The normalized spacial score (nSPS) is 12.1. The van der Waals surface area contributed by atoms with Gasteiger partial charge in [-0.15, -0.1) is 0 Å². The van der Waals surface area contributed by atoms with Gasteiger partial charge < -0.3 is 19.8 Å². The first-order valence-corrected chi connectivity index (χ1v) is 7.54. The SMILES string of the molecule is Cc1nc(-c2ccc(NC[C@H](O)c3ccco3)nc2)[nH]c(=O)c1C. The maximum absolute atomic E-state index is 11.8. The molecule has 0 aliphatic rings. The molecule has 7 heteroatoms. The third-order valence-corrected chi connectivity index (χ3v) is 3.78. The van der Waals surface area contributed by atoms with Crippen LogP contribution in [0.2, 0.25) is 0 Å². The average Bonchev–Trinajstić information content (AvgIpc) is 3.12. The van der Waals surface area contributed by atoms with Gasteiger partial charge in [0, 0.05) is 29.6 Å². The molecule has 3 N–H and O–H groups in total. The van der Waals surface area contributed by atoms with Gasteiger partial charge in [-0.3, -0.25) is 4.79 Å². The van der Waals surface area contributed by atoms with Crippen molar-refractivity contribution in [3.05, 3.63) is 64.1 Å². The van der Waals surface area contributed by atoms with Crippen molar-refractivity contribution in [2.75, 3.05) is 11.9 Å². The monoisotopic (exact) mass is 326 g/mol. The molecule has 1 atom stereocenters. The van der Waals surface area contributed by atoms with Gasteiger partial charge in [0.2, 0.25) is 0 Å². The summed E-state index contributed by atoms with van der Waals surface area (Å²) >= 11 is 0. The summed E-state index contributed by atoms with van der Waals surface area (Å²) in [5, 5.41) is 13.0. The maximum atomic E-state index is 11.8. The van der Waals surface area contributed by atoms with Gasteiger partial charge in [-0.05, 0) is 38.1 Å². The zero-order chi connectivity index (χ0) is 17.1. The second kappa shape index (κ2) is 6.67. The van der Waals surface area contributed by atoms with Gasteiger partial charge in [0.1, 0.15) is 23.5 Å². The van der Waals surface area contributed by atoms with Gasteiger partial charge in [0.05, 0.1) is 6.26 Å². The van der Waals surface area contributed by atoms with Gasteiger partial charge in [0.25, 0.3) is 5.56 Å². The van der Waals surface area contributed by atoms with E-state index in [2.05, 4.69) is 20.3 Å². The van der Waals surface area contributed by atoms with Gasteiger partial charge in [-0.1, -0.05) is 0 Å². The Kier molecular flexibility index (Phi) is 4.43. The number of hydrogen-bond acceptors (Lipinski definition) is 6. The van der Waals surface area contributed by atoms with Crippen LogP contribution in [0.3, 0.4) is 0 Å². The molecular weight excluding hydrogens is 308 g/mol. The summed E-state index contributed by atoms with van der Waals surface area (Å²) in [7, 11) is 0. The van der Waals surface area contributed by atoms with Crippen molar-refractivity contribution in [1.82, 2.24) is 15.0 Å². The fourth-order valence-corrected chi connectivity index (χ4v) is 2.20. The van der Waals surface area contributed by atoms with Crippen LogP contribution in [0.25, 0.3) is 11.4 Å². The van der Waals surface area contributed by atoms with Crippen molar-refractivity contribution in [3.63, 3.8) is 0 Å². The topological polar surface area (TPSA) is 104 Å². The molecular formula is C17H18N4O3. The molecule has 0 unspecified atom stereocenters. The summed E-state index contributed by atoms with van der Waals surface area (Å²) in [4.78, 5) is 23.2. The minimum atomic E-state index is -0.751. The van der Waals surface area contributed by atoms with Crippen LogP contribution in [-0.2, 0) is 0 Å². The number of pyridine rings is 1. The molecule has 3 aromatic rings. The molecule has 0 aliphatic heterocycles. The Morgan fingerprint density at radius 1 is 1.33 bits per heavy atom. The van der Waals surface area contributed by atoms with E-state index in [1.54, 1.807) is 38.2 Å². The van der Waals surface area contributed by atoms with Crippen molar-refractivity contribution in [3.8, 4) is 11.4 Å². The number of H-pyrrole nitrogens is 1. The summed E-state index contributed by atoms with van der Waals surface area (Å²) in [6, 6.07) is 7.01. The molecule has 0 spiro atoms. The minimum absolute atomic E-state index is 0.152. The zero-order valence-corrected chi connectivity index (χ0v) is 13.4. The third kappa shape index (κ3) is 3.36. The zero-order valence-electron chi connectivity index (χ0n) is 13.4. The highest BCUT2D eigenvalue weighted by Gasteiger charge is 2.10. The van der Waals surface area contributed by atoms with Crippen LogP contribution in [0, 0.1) is 13.8 Å². The molecule has 7 nitrogen and oxygen atoms in total. The number of aliphatic hydroxyl groups is 1. The quantitative estimate of drug-likeness (QED) is 0.664. The maximum Gasteiger partial charge on any atom is 0.254 e. The van der Waals surface area contributed by atoms with Crippen LogP contribution in [0.1, 0.15) is 23.1 Å². The number of nitrogens with zero attached hydrogens (tertiary/aromatic N) is 2. The Labute approximate surface area is 138 Å². The van der Waals surface area contributed by atoms with Crippen molar-refractivity contribution in [2.45, 2.75) is 20.0 Å². The number of rotatable bonds is 5. The molecule has 0 saturated heterocycles. The lowest BCUT2D eigenvalue weighted by atomic mass is 10.2. The van der Waals surface area contributed by atoms with Crippen molar-refractivity contribution in [2.24, 2.45) is 0 Å². The van der Waals surface area contributed by atoms with Crippen molar-refractivity contribution < 1.29 is 9.52 Å². The summed E-state index contributed by atoms with van der Waals surface area (Å²) in [6.45, 7) is 3.81. The molecule has 0 radical (unpaired) electrons. The Bertz CT molecular complexity index is 870. The first-order chi connectivity index (χ1) is 11.5. The molecule has 3 aromatic heterocycles. The lowest BCUT2D eigenvalue weighted by Gasteiger charge is -2.10. The van der Waals surface area contributed by atoms with Crippen LogP contribution < -0.4 is 10.9 Å². The molecule has 3 heterocycles. The largest absolute Gasteiger partial charge is 0.467 e. The lowest BCUT2D eigenvalue weighted by molar-refractivity contribution is 0.162. The van der Waals surface area contributed by atoms with Gasteiger partial charge in [-0.2, -0.15) is 0 Å². The van der Waals surface area contributed by atoms with E-state index in [1.165, 1.54) is 6.26 Å². The van der Waals surface area contributed by atoms with E-state index >= 15 is 0 Å². The standard InChI is InChI=1S/C17H18N4O3/c1-10-11(2)20-16(21-17(10)23)12-5-6-15(18-8-12)19-9-13(22)14-4-3-7-24-14/h3-8,13,22H,9H2,1-2H3,(H,18,19)(H,20,21,23)/t13-/m0/s1. The molecule has 0 saturated carbocycles. The first-order valence-electron chi connectivity index (χ1n) is 7.54. The average molecular weight is 326 g/mol. The molecule has 124 valence electrons. The van der Waals surface area contributed by atoms with Crippen LogP contribution in [-0.4, -0.2) is 26.6 Å². The van der Waals surface area contributed by atoms with Crippen molar-refractivity contribution >= 4 is 5.82 Å². The van der Waals surface area contributed by atoms with Gasteiger partial charge >= 0.3 is 0 Å². The number of hydrogen-bond donors (Lipinski definition) is 3. The minimum Gasteiger partial charge on any atom is -0.467 e. The fourth-order valence-electron chi connectivity index (χ4n) is 2.20. The number of aliphatic hydroxyl groups excluding tert-OH is 1. The van der Waals surface area contributed by atoms with Crippen LogP contribution >= 0.6 is 0 Å². The summed E-state index contributed by atoms with van der Waals surface area (Å²) in [6.07, 6.45) is 2.39. The summed E-state index contributed by atoms with van der Waals surface area (Å²) in [5.41, 5.74) is 1.86. The highest BCUT2D eigenvalue weighted by atomic mass is 16.4. The van der Waals surface area contributed by atoms with Crippen LogP contribution in [0.5, 0.6) is 0 Å². The number of aryl methyl sites for hydroxylation is 1. The van der Waals surface area contributed by atoms with Gasteiger partial charge in [-0.25, -0.2) is 9.97 Å². The Morgan fingerprint density at radius 3 is 2.79 bits per heavy atom. The molecule has 0 aromatic carbocycles. The Balaban J connectivity index is 1.70. The fraction of sp³-hybridized carbons (Fsp3) is 0.235. The molecule has 3 rings (SSSR count). The number of aromatic nitrogens is 3. The van der Waals surface area contributed by atoms with E-state index in [0.29, 0.717) is 34.2 Å². The number of anilines is 1. The predicted octanol–water partition coefficient (Wildman–Crippen LogP) is 2.19. The van der Waals surface area contributed by atoms with Crippen molar-refractivity contribution in [1.29, 1.82) is 0 Å². The molecule has 24 heavy (non-hydrogen) atoms. The smallest absolute Gasteiger partial charge is 0.254 e. The van der Waals surface area contributed by atoms with E-state index in [1.807, 2.05) is 6.07 Å². The van der Waals surface area contributed by atoms with E-state index in [-0.39, 0.29) is 12.1 Å².